The fourth-order valence-electron chi connectivity index (χ4n) is 5.49. The maximum Gasteiger partial charge on any atom is 0.514 e. The summed E-state index contributed by atoms with van der Waals surface area (Å²) in [6.07, 6.45) is 3.94. The Hall–Kier alpha value is -5.93. The molecule has 284 valence electrons. The predicted molar refractivity (Wildman–Crippen MR) is 190 cm³/mol. The molecule has 0 radical (unpaired) electrons. The van der Waals surface area contributed by atoms with Crippen molar-refractivity contribution in [2.45, 2.75) is 77.9 Å². The van der Waals surface area contributed by atoms with Gasteiger partial charge in [0.2, 0.25) is 5.91 Å². The first-order valence-electron chi connectivity index (χ1n) is 17.3. The highest BCUT2D eigenvalue weighted by Crippen LogP contribution is 2.20. The van der Waals surface area contributed by atoms with E-state index in [2.05, 4.69) is 10.6 Å². The number of nitro groups is 1. The Morgan fingerprint density at radius 1 is 0.887 bits per heavy atom. The molecule has 2 atom stereocenters. The van der Waals surface area contributed by atoms with Crippen molar-refractivity contribution >= 4 is 47.2 Å². The third-order valence-electron chi connectivity index (χ3n) is 8.51. The minimum atomic E-state index is -1.01. The van der Waals surface area contributed by atoms with Crippen LogP contribution in [0.15, 0.2) is 60.7 Å². The van der Waals surface area contributed by atoms with Crippen LogP contribution in [0.5, 0.6) is 5.75 Å². The highest BCUT2D eigenvalue weighted by atomic mass is 16.7. The van der Waals surface area contributed by atoms with E-state index < -0.39 is 35.0 Å². The van der Waals surface area contributed by atoms with Crippen molar-refractivity contribution in [3.05, 3.63) is 81.9 Å². The highest BCUT2D eigenvalue weighted by Gasteiger charge is 2.29. The van der Waals surface area contributed by atoms with Crippen molar-refractivity contribution in [2.24, 2.45) is 17.6 Å². The number of benzene rings is 2. The van der Waals surface area contributed by atoms with Crippen molar-refractivity contribution in [3.8, 4) is 5.75 Å². The van der Waals surface area contributed by atoms with Gasteiger partial charge in [0.1, 0.15) is 18.1 Å². The number of nitrogens with two attached hydrogens (primary N) is 1. The van der Waals surface area contributed by atoms with Gasteiger partial charge < -0.3 is 25.8 Å². The Kier molecular flexibility index (Phi) is 16.3. The number of carbonyl (C=O) groups is 7. The molecule has 0 fully saturated rings. The van der Waals surface area contributed by atoms with Crippen molar-refractivity contribution in [3.63, 3.8) is 0 Å². The molecular formula is C37H45N5O11. The van der Waals surface area contributed by atoms with Gasteiger partial charge in [0, 0.05) is 62.6 Å². The van der Waals surface area contributed by atoms with Crippen LogP contribution in [-0.2, 0) is 41.7 Å². The van der Waals surface area contributed by atoms with Gasteiger partial charge in [0.15, 0.2) is 5.78 Å². The van der Waals surface area contributed by atoms with Crippen LogP contribution in [0.4, 0.5) is 15.3 Å². The summed E-state index contributed by atoms with van der Waals surface area (Å²) in [5, 5.41) is 16.1. The molecule has 0 saturated heterocycles. The maximum atomic E-state index is 13.5. The normalized spacial score (nSPS) is 13.4. The van der Waals surface area contributed by atoms with Crippen molar-refractivity contribution < 1.29 is 48.0 Å². The summed E-state index contributed by atoms with van der Waals surface area (Å²) in [4.78, 5) is 97.8. The number of amides is 5. The average molecular weight is 736 g/mol. The fourth-order valence-corrected chi connectivity index (χ4v) is 5.49. The molecule has 0 unspecified atom stereocenters. The van der Waals surface area contributed by atoms with E-state index in [0.717, 1.165) is 4.90 Å². The number of nitro benzene ring substituents is 1. The van der Waals surface area contributed by atoms with E-state index in [1.165, 1.54) is 36.4 Å². The Bertz CT molecular complexity index is 1650. The van der Waals surface area contributed by atoms with E-state index in [-0.39, 0.29) is 86.1 Å². The van der Waals surface area contributed by atoms with Gasteiger partial charge in [-0.25, -0.2) is 9.59 Å². The standard InChI is InChI=1S/C37H45N5O11/c1-24(2)30(22-28(43)7-4-3-5-20-41-33(45)17-18-34(41)46)35(47)40-31(8-6-19-39-36(38)48)32(44)21-25-9-11-26(12-10-25)23-52-37(49)53-29-15-13-27(14-16-29)42(50)51/h9-18,24,30-31H,3-8,19-23H2,1-2H3,(H,40,47)(H3,38,39,48)/t30-,31+/m1/s1. The van der Waals surface area contributed by atoms with Gasteiger partial charge in [-0.2, -0.15) is 0 Å². The number of non-ortho nitro benzene ring substituents is 1. The van der Waals surface area contributed by atoms with Crippen LogP contribution in [0, 0.1) is 22.0 Å². The van der Waals surface area contributed by atoms with E-state index in [1.807, 2.05) is 13.8 Å². The second kappa shape index (κ2) is 20.8. The zero-order chi connectivity index (χ0) is 38.9. The first-order chi connectivity index (χ1) is 25.2. The molecule has 2 aromatic carbocycles. The number of rotatable bonds is 22. The zero-order valence-electron chi connectivity index (χ0n) is 29.7. The van der Waals surface area contributed by atoms with Crippen LogP contribution in [0.3, 0.4) is 0 Å². The average Bonchev–Trinajstić information content (AvgIpc) is 3.43. The summed E-state index contributed by atoms with van der Waals surface area (Å²) in [6, 6.07) is 9.99. The van der Waals surface area contributed by atoms with Gasteiger partial charge in [-0.05, 0) is 54.9 Å². The second-order valence-corrected chi connectivity index (χ2v) is 12.9. The molecule has 53 heavy (non-hydrogen) atoms. The first kappa shape index (κ1) is 41.5. The second-order valence-electron chi connectivity index (χ2n) is 12.9. The number of nitrogens with zero attached hydrogens (tertiary/aromatic N) is 2. The van der Waals surface area contributed by atoms with Gasteiger partial charge in [-0.1, -0.05) is 44.5 Å². The summed E-state index contributed by atoms with van der Waals surface area (Å²) in [5.74, 6) is -2.32. The fraction of sp³-hybridized carbons (Fsp3) is 0.432. The van der Waals surface area contributed by atoms with Crippen LogP contribution >= 0.6 is 0 Å². The number of imide groups is 1. The van der Waals surface area contributed by atoms with Crippen LogP contribution in [-0.4, -0.2) is 70.4 Å². The molecule has 1 aliphatic heterocycles. The predicted octanol–water partition coefficient (Wildman–Crippen LogP) is 4.07. The summed E-state index contributed by atoms with van der Waals surface area (Å²) >= 11 is 0. The molecule has 0 bridgehead atoms. The lowest BCUT2D eigenvalue weighted by Gasteiger charge is -2.24. The Labute approximate surface area is 306 Å². The van der Waals surface area contributed by atoms with Gasteiger partial charge in [-0.15, -0.1) is 0 Å². The number of unbranched alkanes of at least 4 members (excludes halogenated alkanes) is 2. The number of hydrogen-bond donors (Lipinski definition) is 3. The number of hydrogen-bond acceptors (Lipinski definition) is 11. The largest absolute Gasteiger partial charge is 0.514 e. The third kappa shape index (κ3) is 14.3. The zero-order valence-corrected chi connectivity index (χ0v) is 29.7. The molecule has 16 nitrogen and oxygen atoms in total. The molecule has 0 aromatic heterocycles. The SMILES string of the molecule is CC(C)[C@@H](CC(=O)CCCCCN1C(=O)C=CC1=O)C(=O)N[C@@H](CCCNC(N)=O)C(=O)Cc1ccc(COC(=O)Oc2ccc([N+](=O)[O-])cc2)cc1. The van der Waals surface area contributed by atoms with Crippen molar-refractivity contribution in [2.75, 3.05) is 13.1 Å². The lowest BCUT2D eigenvalue weighted by atomic mass is 9.88. The smallest absolute Gasteiger partial charge is 0.429 e. The van der Waals surface area contributed by atoms with Gasteiger partial charge in [0.05, 0.1) is 11.0 Å². The van der Waals surface area contributed by atoms with E-state index in [1.54, 1.807) is 24.3 Å². The summed E-state index contributed by atoms with van der Waals surface area (Å²) < 4.78 is 10.1. The lowest BCUT2D eigenvalue weighted by molar-refractivity contribution is -0.384. The number of urea groups is 1. The summed E-state index contributed by atoms with van der Waals surface area (Å²) in [5.41, 5.74) is 6.23. The molecule has 1 heterocycles. The Morgan fingerprint density at radius 3 is 2.13 bits per heavy atom. The molecule has 2 aromatic rings. The Balaban J connectivity index is 1.52. The highest BCUT2D eigenvalue weighted by molar-refractivity contribution is 6.12. The van der Waals surface area contributed by atoms with E-state index >= 15 is 0 Å². The summed E-state index contributed by atoms with van der Waals surface area (Å²) in [6.45, 7) is 3.98. The number of carbonyl (C=O) groups excluding carboxylic acids is 7. The number of nitrogens with one attached hydrogen (secondary N) is 2. The van der Waals surface area contributed by atoms with E-state index in [4.69, 9.17) is 15.2 Å². The van der Waals surface area contributed by atoms with Crippen molar-refractivity contribution in [1.82, 2.24) is 15.5 Å². The molecule has 0 saturated carbocycles. The number of ether oxygens (including phenoxy) is 2. The quantitative estimate of drug-likeness (QED) is 0.0389. The van der Waals surface area contributed by atoms with Gasteiger partial charge >= 0.3 is 12.2 Å². The van der Waals surface area contributed by atoms with Crippen molar-refractivity contribution in [1.29, 1.82) is 0 Å². The van der Waals surface area contributed by atoms with Crippen LogP contribution < -0.4 is 21.1 Å². The van der Waals surface area contributed by atoms with E-state index in [9.17, 15) is 43.7 Å². The van der Waals surface area contributed by atoms with E-state index in [0.29, 0.717) is 36.8 Å². The molecule has 1 aliphatic rings. The van der Waals surface area contributed by atoms with Crippen LogP contribution in [0.1, 0.15) is 69.9 Å². The van der Waals surface area contributed by atoms with Crippen LogP contribution in [0.2, 0.25) is 0 Å². The number of primary amides is 1. The Morgan fingerprint density at radius 2 is 1.53 bits per heavy atom. The topological polar surface area (TPSA) is 234 Å². The maximum absolute atomic E-state index is 13.5. The van der Waals surface area contributed by atoms with Gasteiger partial charge in [-0.3, -0.25) is 39.0 Å². The number of Topliss-reactive ketones (excluding diaryl/α,β-unsaturated/α-hetero) is 2. The first-order valence-corrected chi connectivity index (χ1v) is 17.3. The summed E-state index contributed by atoms with van der Waals surface area (Å²) in [7, 11) is 0. The lowest BCUT2D eigenvalue weighted by Crippen LogP contribution is -2.46. The molecule has 5 amide bonds. The molecule has 0 aliphatic carbocycles. The minimum Gasteiger partial charge on any atom is -0.429 e. The molecule has 3 rings (SSSR count). The monoisotopic (exact) mass is 735 g/mol. The molecular weight excluding hydrogens is 690 g/mol. The van der Waals surface area contributed by atoms with Gasteiger partial charge in [0.25, 0.3) is 17.5 Å². The van der Waals surface area contributed by atoms with Crippen LogP contribution in [0.25, 0.3) is 0 Å². The molecule has 4 N–H and O–H groups in total. The molecule has 16 heteroatoms. The third-order valence-corrected chi connectivity index (χ3v) is 8.51. The molecule has 0 spiro atoms. The minimum absolute atomic E-state index is 0.00832. The number of ketones is 2.